The Bertz CT molecular complexity index is 373. The normalized spacial score (nSPS) is 14.6. The molecular weight excluding hydrogens is 351 g/mol. The molecule has 1 aromatic rings. The molecule has 0 atom stereocenters. The van der Waals surface area contributed by atoms with Crippen LogP contribution in [0.25, 0.3) is 10.6 Å². The fourth-order valence-corrected chi connectivity index (χ4v) is 1.19. The van der Waals surface area contributed by atoms with Crippen molar-refractivity contribution >= 4 is 23.2 Å². The number of nitrogens with zero attached hydrogens (tertiary/aromatic N) is 2. The fourth-order valence-electron chi connectivity index (χ4n) is 1.19. The van der Waals surface area contributed by atoms with E-state index in [1.165, 1.54) is 6.92 Å². The summed E-state index contributed by atoms with van der Waals surface area (Å²) in [5.74, 6) is -1.62. The van der Waals surface area contributed by atoms with E-state index in [4.69, 9.17) is 0 Å². The summed E-state index contributed by atoms with van der Waals surface area (Å²) in [4.78, 5) is 22.7. The summed E-state index contributed by atoms with van der Waals surface area (Å²) in [7, 11) is 0. The van der Waals surface area contributed by atoms with Crippen LogP contribution in [-0.4, -0.2) is 11.8 Å². The average Bonchev–Trinajstić information content (AvgIpc) is 2.28. The van der Waals surface area contributed by atoms with Crippen LogP contribution in [0.1, 0.15) is 6.92 Å². The number of hydrogen-bond donors (Lipinski definition) is 0. The van der Waals surface area contributed by atoms with Crippen LogP contribution in [0, 0.1) is 5.92 Å². The third-order valence-corrected chi connectivity index (χ3v) is 2.08. The van der Waals surface area contributed by atoms with Crippen LogP contribution < -0.4 is 116 Å². The van der Waals surface area contributed by atoms with E-state index < -0.39 is 17.7 Å². The second-order valence-electron chi connectivity index (χ2n) is 3.11. The van der Waals surface area contributed by atoms with E-state index in [1.54, 1.807) is 24.3 Å². The van der Waals surface area contributed by atoms with E-state index in [-0.39, 0.29) is 116 Å². The Hall–Kier alpha value is 1.77. The Morgan fingerprint density at radius 1 is 0.938 bits per heavy atom. The Morgan fingerprint density at radius 3 is 1.69 bits per heavy atom. The van der Waals surface area contributed by atoms with E-state index in [0.717, 1.165) is 0 Å². The molecule has 0 bridgehead atoms. The minimum absolute atomic E-state index is 0. The zero-order chi connectivity index (χ0) is 10.1. The van der Waals surface area contributed by atoms with Crippen LogP contribution in [0.5, 0.6) is 0 Å². The van der Waals surface area contributed by atoms with Gasteiger partial charge in [0.05, 0.1) is 11.8 Å². The molecule has 0 N–H and O–H groups in total. The Morgan fingerprint density at radius 2 is 1.31 bits per heavy atom. The molecule has 2 amide bonds. The summed E-state index contributed by atoms with van der Waals surface area (Å²) < 4.78 is 0. The number of benzene rings is 1. The molecule has 0 spiro atoms. The van der Waals surface area contributed by atoms with Crippen molar-refractivity contribution in [2.24, 2.45) is 5.92 Å². The molecule has 16 heavy (non-hydrogen) atoms. The molecule has 0 aliphatic carbocycles. The maximum atomic E-state index is 11.3. The summed E-state index contributed by atoms with van der Waals surface area (Å²) in [6.45, 7) is 1.52. The summed E-state index contributed by atoms with van der Waals surface area (Å²) in [5, 5.41) is 7.64. The van der Waals surface area contributed by atoms with Gasteiger partial charge in [0.15, 0.2) is 0 Å². The predicted molar refractivity (Wildman–Crippen MR) is 51.7 cm³/mol. The standard InChI is InChI=1S/C10H10N2O2.2Rb/c1-6-9(13)11-7-4-2-3-5-8(7)12-10(6)14;;/h2-6H,1H3,(H2,11,12,13,14);;/q;2*+1/p-2. The van der Waals surface area contributed by atoms with Crippen LogP contribution >= 0.6 is 0 Å². The van der Waals surface area contributed by atoms with Gasteiger partial charge in [0, 0.05) is 5.92 Å². The van der Waals surface area contributed by atoms with E-state index in [0.29, 0.717) is 11.4 Å². The first kappa shape index (κ1) is 17.8. The van der Waals surface area contributed by atoms with Crippen molar-refractivity contribution in [1.82, 2.24) is 0 Å². The van der Waals surface area contributed by atoms with Gasteiger partial charge in [0.2, 0.25) is 0 Å². The van der Waals surface area contributed by atoms with Crippen molar-refractivity contribution in [3.8, 4) is 0 Å². The van der Waals surface area contributed by atoms with E-state index >= 15 is 0 Å². The molecule has 0 unspecified atom stereocenters. The minimum atomic E-state index is -0.762. The number of para-hydroxylation sites is 2. The first-order valence-electron chi connectivity index (χ1n) is 4.28. The molecule has 1 aromatic carbocycles. The summed E-state index contributed by atoms with van der Waals surface area (Å²) >= 11 is 0. The van der Waals surface area contributed by atoms with E-state index in [1.807, 2.05) is 0 Å². The molecule has 0 radical (unpaired) electrons. The van der Waals surface area contributed by atoms with Gasteiger partial charge in [0.25, 0.3) is 0 Å². The third kappa shape index (κ3) is 4.16. The number of carbonyl (C=O) groups excluding carboxylic acids is 2. The number of amides is 2. The van der Waals surface area contributed by atoms with Crippen molar-refractivity contribution < 1.29 is 126 Å². The number of hydrogen-bond acceptors (Lipinski definition) is 2. The zero-order valence-electron chi connectivity index (χ0n) is 9.60. The molecule has 0 saturated heterocycles. The van der Waals surface area contributed by atoms with Crippen LogP contribution in [0.15, 0.2) is 24.3 Å². The smallest absolute Gasteiger partial charge is 0.627 e. The van der Waals surface area contributed by atoms with E-state index in [9.17, 15) is 9.59 Å². The van der Waals surface area contributed by atoms with Crippen molar-refractivity contribution in [1.29, 1.82) is 0 Å². The second-order valence-corrected chi connectivity index (χ2v) is 3.11. The van der Waals surface area contributed by atoms with Gasteiger partial charge in [-0.3, -0.25) is 0 Å². The molecule has 0 saturated carbocycles. The summed E-state index contributed by atoms with van der Waals surface area (Å²) in [6, 6.07) is 6.85. The van der Waals surface area contributed by atoms with Gasteiger partial charge < -0.3 is 20.2 Å². The van der Waals surface area contributed by atoms with Gasteiger partial charge in [-0.25, -0.2) is 0 Å². The number of fused-ring (bicyclic) bond motifs is 1. The molecule has 2 rings (SSSR count). The Kier molecular flexibility index (Phi) is 8.93. The monoisotopic (exact) mass is 358 g/mol. The first-order valence-corrected chi connectivity index (χ1v) is 4.28. The number of rotatable bonds is 0. The molecule has 1 aliphatic heterocycles. The molecule has 72 valence electrons. The Labute approximate surface area is 192 Å². The molecule has 6 heteroatoms. The zero-order valence-corrected chi connectivity index (χ0v) is 19.4. The van der Waals surface area contributed by atoms with Crippen LogP contribution in [-0.2, 0) is 9.59 Å². The molecule has 4 nitrogen and oxygen atoms in total. The molecule has 0 aromatic heterocycles. The maximum absolute atomic E-state index is 11.3. The topological polar surface area (TPSA) is 62.3 Å². The average molecular weight is 359 g/mol. The second kappa shape index (κ2) is 8.04. The summed E-state index contributed by atoms with van der Waals surface area (Å²) in [6.07, 6.45) is 0. The van der Waals surface area contributed by atoms with Gasteiger partial charge in [0.1, 0.15) is 0 Å². The Balaban J connectivity index is 0.00000112. The third-order valence-electron chi connectivity index (χ3n) is 2.08. The molecule has 0 fully saturated rings. The maximum Gasteiger partial charge on any atom is 1.00 e. The van der Waals surface area contributed by atoms with Gasteiger partial charge in [-0.15, -0.1) is 11.4 Å². The quantitative estimate of drug-likeness (QED) is 0.450. The van der Waals surface area contributed by atoms with Gasteiger partial charge in [-0.1, -0.05) is 31.2 Å². The summed E-state index contributed by atoms with van der Waals surface area (Å²) in [5.41, 5.74) is 0.936. The van der Waals surface area contributed by atoms with Gasteiger partial charge >= 0.3 is 116 Å². The molecule has 1 heterocycles. The SMILES string of the molecule is CC1C(=O)[N-]c2ccccc2[N-]C1=O.[Rb+].[Rb+]. The minimum Gasteiger partial charge on any atom is -0.627 e. The van der Waals surface area contributed by atoms with Gasteiger partial charge in [-0.05, 0) is 0 Å². The van der Waals surface area contributed by atoms with Crippen molar-refractivity contribution in [3.05, 3.63) is 34.9 Å². The molecular formula is C10H8N2O2Rb2. The first-order chi connectivity index (χ1) is 6.68. The predicted octanol–water partition coefficient (Wildman–Crippen LogP) is -3.59. The van der Waals surface area contributed by atoms with Crippen molar-refractivity contribution in [2.45, 2.75) is 6.92 Å². The van der Waals surface area contributed by atoms with Gasteiger partial charge in [-0.2, -0.15) is 0 Å². The van der Waals surface area contributed by atoms with Crippen LogP contribution in [0.4, 0.5) is 11.4 Å². The van der Waals surface area contributed by atoms with Crippen molar-refractivity contribution in [2.75, 3.05) is 0 Å². The number of carbonyl (C=O) groups is 2. The van der Waals surface area contributed by atoms with E-state index in [2.05, 4.69) is 10.6 Å². The van der Waals surface area contributed by atoms with Crippen molar-refractivity contribution in [3.63, 3.8) is 0 Å². The van der Waals surface area contributed by atoms with Crippen LogP contribution in [0.3, 0.4) is 0 Å². The fraction of sp³-hybridized carbons (Fsp3) is 0.200. The van der Waals surface area contributed by atoms with Crippen LogP contribution in [0.2, 0.25) is 0 Å². The largest absolute Gasteiger partial charge is 1.00 e. The molecule has 1 aliphatic rings.